The third-order valence-electron chi connectivity index (χ3n) is 9.45. The Morgan fingerprint density at radius 2 is 1.79 bits per heavy atom. The van der Waals surface area contributed by atoms with Gasteiger partial charge in [-0.3, -0.25) is 9.59 Å². The zero-order valence-electron chi connectivity index (χ0n) is 23.4. The molecule has 9 nitrogen and oxygen atoms in total. The van der Waals surface area contributed by atoms with Crippen LogP contribution in [0.15, 0.2) is 43.0 Å². The lowest BCUT2D eigenvalue weighted by Crippen LogP contribution is -2.86. The Labute approximate surface area is 236 Å². The third-order valence-corrected chi connectivity index (χ3v) is 9.45. The SMILES string of the molecule is C=C[C@@]1(C)CC(=O)[C@]2(O)[C@@]3(C)[C@@H](O)CCC(C)(C)[C@@H]3[C@H](OC(=O)CNCc3ccccc3)[C@H](O)[C@@]2(C)O1.Cl.O. The summed E-state index contributed by atoms with van der Waals surface area (Å²) < 4.78 is 12.3. The number of benzene rings is 1. The average Bonchev–Trinajstić information content (AvgIpc) is 2.83. The Bertz CT molecular complexity index is 1070. The Balaban J connectivity index is 0.00000267. The van der Waals surface area contributed by atoms with Gasteiger partial charge in [0.05, 0.1) is 18.2 Å². The highest BCUT2D eigenvalue weighted by molar-refractivity contribution is 5.92. The molecule has 2 saturated carbocycles. The molecule has 39 heavy (non-hydrogen) atoms. The molecule has 0 radical (unpaired) electrons. The van der Waals surface area contributed by atoms with Crippen LogP contribution in [0, 0.1) is 16.7 Å². The second-order valence-electron chi connectivity index (χ2n) is 12.3. The molecular formula is C29H44ClNO8. The van der Waals surface area contributed by atoms with Gasteiger partial charge in [-0.15, -0.1) is 19.0 Å². The largest absolute Gasteiger partial charge is 0.458 e. The van der Waals surface area contributed by atoms with E-state index < -0.39 is 63.6 Å². The molecule has 10 heteroatoms. The van der Waals surface area contributed by atoms with Crippen molar-refractivity contribution >= 4 is 24.2 Å². The van der Waals surface area contributed by atoms with Gasteiger partial charge < -0.3 is 35.6 Å². The van der Waals surface area contributed by atoms with E-state index in [0.29, 0.717) is 19.4 Å². The molecule has 3 aliphatic rings. The van der Waals surface area contributed by atoms with E-state index in [2.05, 4.69) is 11.9 Å². The van der Waals surface area contributed by atoms with Crippen molar-refractivity contribution in [2.24, 2.45) is 16.7 Å². The van der Waals surface area contributed by atoms with Crippen LogP contribution in [0.2, 0.25) is 0 Å². The maximum Gasteiger partial charge on any atom is 0.320 e. The summed E-state index contributed by atoms with van der Waals surface area (Å²) in [7, 11) is 0. The number of fused-ring (bicyclic) bond motifs is 3. The van der Waals surface area contributed by atoms with Gasteiger partial charge in [-0.2, -0.15) is 0 Å². The van der Waals surface area contributed by atoms with Crippen molar-refractivity contribution in [2.45, 2.75) is 95.5 Å². The van der Waals surface area contributed by atoms with Crippen molar-refractivity contribution in [3.63, 3.8) is 0 Å². The molecule has 4 rings (SSSR count). The molecule has 0 aromatic heterocycles. The molecule has 1 saturated heterocycles. The first-order valence-corrected chi connectivity index (χ1v) is 13.1. The summed E-state index contributed by atoms with van der Waals surface area (Å²) in [6.45, 7) is 12.9. The van der Waals surface area contributed by atoms with Crippen molar-refractivity contribution < 1.29 is 39.9 Å². The number of hydrogen-bond donors (Lipinski definition) is 4. The number of carbonyl (C=O) groups excluding carboxylic acids is 2. The van der Waals surface area contributed by atoms with E-state index in [1.807, 2.05) is 44.2 Å². The van der Waals surface area contributed by atoms with Gasteiger partial charge in [-0.05, 0) is 37.7 Å². The zero-order chi connectivity index (χ0) is 27.4. The van der Waals surface area contributed by atoms with Gasteiger partial charge in [-0.1, -0.05) is 57.2 Å². The van der Waals surface area contributed by atoms with Gasteiger partial charge in [0.25, 0.3) is 0 Å². The van der Waals surface area contributed by atoms with E-state index >= 15 is 0 Å². The van der Waals surface area contributed by atoms with Gasteiger partial charge in [-0.25, -0.2) is 0 Å². The number of aliphatic hydroxyl groups is 3. The third kappa shape index (κ3) is 4.96. The van der Waals surface area contributed by atoms with E-state index in [1.165, 1.54) is 13.0 Å². The predicted molar refractivity (Wildman–Crippen MR) is 148 cm³/mol. The topological polar surface area (TPSA) is 157 Å². The Morgan fingerprint density at radius 3 is 2.38 bits per heavy atom. The van der Waals surface area contributed by atoms with Crippen LogP contribution in [0.25, 0.3) is 0 Å². The van der Waals surface area contributed by atoms with Crippen LogP contribution in [0.4, 0.5) is 0 Å². The number of carbonyl (C=O) groups is 2. The van der Waals surface area contributed by atoms with Crippen LogP contribution < -0.4 is 5.32 Å². The summed E-state index contributed by atoms with van der Waals surface area (Å²) in [5, 5.41) is 38.6. The van der Waals surface area contributed by atoms with Crippen molar-refractivity contribution in [1.82, 2.24) is 5.32 Å². The van der Waals surface area contributed by atoms with E-state index in [1.54, 1.807) is 13.8 Å². The number of rotatable bonds is 6. The van der Waals surface area contributed by atoms with Crippen LogP contribution in [0.5, 0.6) is 0 Å². The summed E-state index contributed by atoms with van der Waals surface area (Å²) >= 11 is 0. The molecular weight excluding hydrogens is 526 g/mol. The molecule has 1 aromatic rings. The molecule has 220 valence electrons. The Kier molecular flexibility index (Phi) is 9.58. The maximum absolute atomic E-state index is 13.8. The molecule has 8 atom stereocenters. The van der Waals surface area contributed by atoms with Gasteiger partial charge >= 0.3 is 5.97 Å². The normalized spacial score (nSPS) is 40.7. The Hall–Kier alpha value is -1.85. The number of ether oxygens (including phenoxy) is 2. The zero-order valence-corrected chi connectivity index (χ0v) is 24.2. The van der Waals surface area contributed by atoms with Gasteiger partial charge in [0.2, 0.25) is 0 Å². The first-order chi connectivity index (χ1) is 17.2. The van der Waals surface area contributed by atoms with E-state index in [9.17, 15) is 24.9 Å². The van der Waals surface area contributed by atoms with Crippen LogP contribution >= 0.6 is 12.4 Å². The second kappa shape index (κ2) is 11.2. The molecule has 0 bridgehead atoms. The van der Waals surface area contributed by atoms with E-state index in [-0.39, 0.29) is 30.8 Å². The molecule has 6 N–H and O–H groups in total. The number of nitrogens with one attached hydrogen (secondary N) is 1. The summed E-state index contributed by atoms with van der Waals surface area (Å²) in [6.07, 6.45) is -1.52. The average molecular weight is 570 g/mol. The number of halogens is 1. The van der Waals surface area contributed by atoms with Crippen LogP contribution in [0.1, 0.15) is 59.4 Å². The quantitative estimate of drug-likeness (QED) is 0.299. The maximum atomic E-state index is 13.8. The lowest BCUT2D eigenvalue weighted by molar-refractivity contribution is -0.370. The fourth-order valence-corrected chi connectivity index (χ4v) is 7.50. The van der Waals surface area contributed by atoms with Crippen molar-refractivity contribution in [1.29, 1.82) is 0 Å². The van der Waals surface area contributed by atoms with Gasteiger partial charge in [0, 0.05) is 24.3 Å². The summed E-state index contributed by atoms with van der Waals surface area (Å²) in [5.41, 5.74) is -6.26. The molecule has 2 aliphatic carbocycles. The summed E-state index contributed by atoms with van der Waals surface area (Å²) in [5.74, 6) is -1.84. The lowest BCUT2D eigenvalue weighted by Gasteiger charge is -2.71. The number of ketones is 1. The highest BCUT2D eigenvalue weighted by Crippen LogP contribution is 2.67. The van der Waals surface area contributed by atoms with Crippen molar-refractivity contribution in [2.75, 3.05) is 6.54 Å². The van der Waals surface area contributed by atoms with Crippen LogP contribution in [0.3, 0.4) is 0 Å². The minimum absolute atomic E-state index is 0. The minimum Gasteiger partial charge on any atom is -0.458 e. The first-order valence-electron chi connectivity index (χ1n) is 13.1. The minimum atomic E-state index is -2.22. The standard InChI is InChI=1S/C29H41NO7.ClH.H2O/c1-7-26(4)15-20(32)29(35)27(5)19(31)13-14-25(2,3)23(27)22(24(34)28(29,6)37-26)36-21(33)17-30-16-18-11-9-8-10-12-18;;/h7-12,19,22-24,30-31,34-35H,1,13-17H2,2-6H3;1H;1H2/t19-,22-,23-,24-,26-,27-,28+,29-;;/m0../s1. The lowest BCUT2D eigenvalue weighted by atomic mass is 9.40. The molecule has 0 spiro atoms. The number of Topliss-reactive ketones (excluding diaryl/α,β-unsaturated/α-hetero) is 1. The number of aliphatic hydroxyl groups excluding tert-OH is 2. The number of esters is 1. The molecule has 0 unspecified atom stereocenters. The van der Waals surface area contributed by atoms with Crippen LogP contribution in [-0.4, -0.2) is 74.2 Å². The van der Waals surface area contributed by atoms with E-state index in [0.717, 1.165) is 5.56 Å². The highest BCUT2D eigenvalue weighted by Gasteiger charge is 2.81. The Morgan fingerprint density at radius 1 is 1.18 bits per heavy atom. The summed E-state index contributed by atoms with van der Waals surface area (Å²) in [4.78, 5) is 26.8. The highest BCUT2D eigenvalue weighted by atomic mass is 35.5. The molecule has 1 aromatic carbocycles. The predicted octanol–water partition coefficient (Wildman–Crippen LogP) is 1.89. The molecule has 1 aliphatic heterocycles. The van der Waals surface area contributed by atoms with E-state index in [4.69, 9.17) is 9.47 Å². The fraction of sp³-hybridized carbons (Fsp3) is 0.655. The first kappa shape index (κ1) is 33.4. The fourth-order valence-electron chi connectivity index (χ4n) is 7.50. The molecule has 3 fully saturated rings. The van der Waals surface area contributed by atoms with Crippen molar-refractivity contribution in [3.05, 3.63) is 48.6 Å². The molecule has 1 heterocycles. The summed E-state index contributed by atoms with van der Waals surface area (Å²) in [6, 6.07) is 9.62. The van der Waals surface area contributed by atoms with Gasteiger partial charge in [0.15, 0.2) is 11.4 Å². The molecule has 0 amide bonds. The van der Waals surface area contributed by atoms with Crippen LogP contribution in [-0.2, 0) is 25.6 Å². The number of hydrogen-bond acceptors (Lipinski definition) is 8. The van der Waals surface area contributed by atoms with Crippen molar-refractivity contribution in [3.8, 4) is 0 Å². The van der Waals surface area contributed by atoms with Gasteiger partial charge in [0.1, 0.15) is 17.8 Å². The second-order valence-corrected chi connectivity index (χ2v) is 12.3. The smallest absolute Gasteiger partial charge is 0.320 e. The monoisotopic (exact) mass is 569 g/mol.